The zero-order chi connectivity index (χ0) is 13.1. The fourth-order valence-corrected chi connectivity index (χ4v) is 1.58. The average Bonchev–Trinajstić information content (AvgIpc) is 2.76. The third-order valence-corrected chi connectivity index (χ3v) is 2.53. The van der Waals surface area contributed by atoms with Gasteiger partial charge in [0.15, 0.2) is 0 Å². The molecular weight excluding hydrogens is 236 g/mol. The van der Waals surface area contributed by atoms with Crippen molar-refractivity contribution in [3.63, 3.8) is 0 Å². The molecule has 5 N–H and O–H groups in total. The highest BCUT2D eigenvalue weighted by Gasteiger charge is 2.28. The van der Waals surface area contributed by atoms with E-state index in [-0.39, 0.29) is 23.6 Å². The van der Waals surface area contributed by atoms with Gasteiger partial charge in [-0.15, -0.1) is 0 Å². The van der Waals surface area contributed by atoms with Gasteiger partial charge >= 0.3 is 0 Å². The summed E-state index contributed by atoms with van der Waals surface area (Å²) < 4.78 is 0. The Bertz CT molecular complexity index is 515. The molecule has 0 spiro atoms. The Morgan fingerprint density at radius 1 is 1.33 bits per heavy atom. The van der Waals surface area contributed by atoms with E-state index >= 15 is 0 Å². The highest BCUT2D eigenvalue weighted by Crippen LogP contribution is 2.10. The van der Waals surface area contributed by atoms with E-state index in [9.17, 15) is 14.4 Å². The molecule has 1 unspecified atom stereocenters. The third kappa shape index (κ3) is 2.46. The van der Waals surface area contributed by atoms with E-state index in [0.29, 0.717) is 0 Å². The number of anilines is 1. The summed E-state index contributed by atoms with van der Waals surface area (Å²) in [6, 6.07) is 5.68. The topological polar surface area (TPSA) is 113 Å². The van der Waals surface area contributed by atoms with Crippen LogP contribution in [0, 0.1) is 0 Å². The van der Waals surface area contributed by atoms with Crippen LogP contribution in [0.5, 0.6) is 0 Å². The number of carbonyl (C=O) groups excluding carboxylic acids is 3. The Morgan fingerprint density at radius 2 is 2.06 bits per heavy atom. The van der Waals surface area contributed by atoms with Crippen molar-refractivity contribution in [2.75, 3.05) is 5.73 Å². The highest BCUT2D eigenvalue weighted by molar-refractivity contribution is 6.09. The van der Waals surface area contributed by atoms with Crippen LogP contribution in [-0.2, 0) is 9.59 Å². The van der Waals surface area contributed by atoms with Gasteiger partial charge in [-0.1, -0.05) is 12.1 Å². The van der Waals surface area contributed by atoms with Gasteiger partial charge in [-0.2, -0.15) is 0 Å². The van der Waals surface area contributed by atoms with Crippen LogP contribution in [0.3, 0.4) is 0 Å². The number of benzene rings is 1. The molecule has 1 saturated heterocycles. The van der Waals surface area contributed by atoms with Gasteiger partial charge < -0.3 is 5.73 Å². The van der Waals surface area contributed by atoms with E-state index in [1.165, 1.54) is 6.07 Å². The van der Waals surface area contributed by atoms with Gasteiger partial charge in [0.05, 0.1) is 12.0 Å². The molecule has 0 radical (unpaired) electrons. The predicted molar refractivity (Wildman–Crippen MR) is 63.0 cm³/mol. The normalized spacial score (nSPS) is 18.2. The van der Waals surface area contributed by atoms with Gasteiger partial charge in [-0.25, -0.2) is 5.43 Å². The van der Waals surface area contributed by atoms with Crippen molar-refractivity contribution in [2.24, 2.45) is 0 Å². The van der Waals surface area contributed by atoms with Crippen LogP contribution in [0.25, 0.3) is 0 Å². The second kappa shape index (κ2) is 4.84. The van der Waals surface area contributed by atoms with Crippen molar-refractivity contribution < 1.29 is 14.4 Å². The molecule has 7 heteroatoms. The van der Waals surface area contributed by atoms with E-state index in [0.717, 1.165) is 0 Å². The Labute approximate surface area is 103 Å². The maximum Gasteiger partial charge on any atom is 0.259 e. The van der Waals surface area contributed by atoms with Crippen LogP contribution in [0.15, 0.2) is 24.3 Å². The fourth-order valence-electron chi connectivity index (χ4n) is 1.58. The molecule has 1 fully saturated rings. The number of hydrazine groups is 1. The lowest BCUT2D eigenvalue weighted by Gasteiger charge is -2.09. The zero-order valence-electron chi connectivity index (χ0n) is 9.40. The molecule has 1 aromatic carbocycles. The Morgan fingerprint density at radius 3 is 2.67 bits per heavy atom. The molecule has 0 saturated carbocycles. The minimum Gasteiger partial charge on any atom is -0.398 e. The van der Waals surface area contributed by atoms with Crippen molar-refractivity contribution in [2.45, 2.75) is 12.5 Å². The molecule has 1 heterocycles. The maximum absolute atomic E-state index is 11.8. The molecule has 0 bridgehead atoms. The molecule has 1 aliphatic rings. The van der Waals surface area contributed by atoms with Crippen LogP contribution in [0.2, 0.25) is 0 Å². The van der Waals surface area contributed by atoms with E-state index < -0.39 is 17.9 Å². The number of hydrogen-bond acceptors (Lipinski definition) is 5. The van der Waals surface area contributed by atoms with Gasteiger partial charge in [-0.3, -0.25) is 25.1 Å². The lowest BCUT2D eigenvalue weighted by atomic mass is 10.1. The molecule has 18 heavy (non-hydrogen) atoms. The molecule has 94 valence electrons. The molecule has 0 aromatic heterocycles. The number of rotatable bonds is 2. The van der Waals surface area contributed by atoms with Crippen molar-refractivity contribution in [1.29, 1.82) is 0 Å². The standard InChI is InChI=1S/C11H12N4O3/c12-7-4-2-1-3-6(7)10(17)13-11(18)8-5-9(16)15-14-8/h1-4,8,14H,5,12H2,(H,15,16)(H,13,17,18). The van der Waals surface area contributed by atoms with Gasteiger partial charge in [0.25, 0.3) is 5.91 Å². The van der Waals surface area contributed by atoms with Crippen molar-refractivity contribution in [1.82, 2.24) is 16.2 Å². The lowest BCUT2D eigenvalue weighted by molar-refractivity contribution is -0.123. The summed E-state index contributed by atoms with van der Waals surface area (Å²) in [6.07, 6.45) is 0.00336. The summed E-state index contributed by atoms with van der Waals surface area (Å²) in [5.41, 5.74) is 10.9. The second-order valence-electron chi connectivity index (χ2n) is 3.85. The van der Waals surface area contributed by atoms with Crippen LogP contribution >= 0.6 is 0 Å². The molecule has 1 aromatic rings. The number of nitrogen functional groups attached to an aromatic ring is 1. The number of para-hydroxylation sites is 1. The Hall–Kier alpha value is -2.41. The van der Waals surface area contributed by atoms with Crippen LogP contribution < -0.4 is 21.9 Å². The predicted octanol–water partition coefficient (Wildman–Crippen LogP) is -1.08. The SMILES string of the molecule is Nc1ccccc1C(=O)NC(=O)C1CC(=O)NN1. The summed E-state index contributed by atoms with van der Waals surface area (Å²) in [7, 11) is 0. The third-order valence-electron chi connectivity index (χ3n) is 2.53. The molecule has 2 rings (SSSR count). The lowest BCUT2D eigenvalue weighted by Crippen LogP contribution is -2.45. The Balaban J connectivity index is 2.02. The zero-order valence-corrected chi connectivity index (χ0v) is 9.40. The second-order valence-corrected chi connectivity index (χ2v) is 3.85. The molecule has 0 aliphatic carbocycles. The molecule has 7 nitrogen and oxygen atoms in total. The Kier molecular flexibility index (Phi) is 3.24. The fraction of sp³-hybridized carbons (Fsp3) is 0.182. The number of nitrogens with one attached hydrogen (secondary N) is 3. The number of imide groups is 1. The molecule has 3 amide bonds. The number of amides is 3. The summed E-state index contributed by atoms with van der Waals surface area (Å²) in [5, 5.41) is 2.19. The average molecular weight is 248 g/mol. The summed E-state index contributed by atoms with van der Waals surface area (Å²) in [6.45, 7) is 0. The summed E-state index contributed by atoms with van der Waals surface area (Å²) in [4.78, 5) is 34.3. The van der Waals surface area contributed by atoms with Gasteiger partial charge in [0, 0.05) is 5.69 Å². The maximum atomic E-state index is 11.8. The minimum atomic E-state index is -0.744. The first-order valence-electron chi connectivity index (χ1n) is 5.32. The molecular formula is C11H12N4O3. The highest BCUT2D eigenvalue weighted by atomic mass is 16.2. The van der Waals surface area contributed by atoms with E-state index in [1.54, 1.807) is 18.2 Å². The number of hydrogen-bond donors (Lipinski definition) is 4. The summed E-state index contributed by atoms with van der Waals surface area (Å²) >= 11 is 0. The summed E-state index contributed by atoms with van der Waals surface area (Å²) in [5.74, 6) is -1.44. The largest absolute Gasteiger partial charge is 0.398 e. The smallest absolute Gasteiger partial charge is 0.259 e. The van der Waals surface area contributed by atoms with Gasteiger partial charge in [0.2, 0.25) is 11.8 Å². The molecule has 1 atom stereocenters. The minimum absolute atomic E-state index is 0.00336. The van der Waals surface area contributed by atoms with E-state index in [1.807, 2.05) is 0 Å². The number of carbonyl (C=O) groups is 3. The van der Waals surface area contributed by atoms with Crippen molar-refractivity contribution in [3.05, 3.63) is 29.8 Å². The quantitative estimate of drug-likeness (QED) is 0.392. The molecule has 1 aliphatic heterocycles. The first-order chi connectivity index (χ1) is 8.58. The monoisotopic (exact) mass is 248 g/mol. The van der Waals surface area contributed by atoms with Crippen molar-refractivity contribution in [3.8, 4) is 0 Å². The van der Waals surface area contributed by atoms with Crippen molar-refractivity contribution >= 4 is 23.4 Å². The van der Waals surface area contributed by atoms with Gasteiger partial charge in [0.1, 0.15) is 6.04 Å². The first-order valence-corrected chi connectivity index (χ1v) is 5.32. The first kappa shape index (κ1) is 12.1. The van der Waals surface area contributed by atoms with Gasteiger partial charge in [-0.05, 0) is 12.1 Å². The van der Waals surface area contributed by atoms with E-state index in [4.69, 9.17) is 5.73 Å². The van der Waals surface area contributed by atoms with Crippen LogP contribution in [0.1, 0.15) is 16.8 Å². The van der Waals surface area contributed by atoms with Crippen LogP contribution in [0.4, 0.5) is 5.69 Å². The van der Waals surface area contributed by atoms with E-state index in [2.05, 4.69) is 16.2 Å². The van der Waals surface area contributed by atoms with Crippen LogP contribution in [-0.4, -0.2) is 23.8 Å². The number of nitrogens with two attached hydrogens (primary N) is 1.